The maximum absolute atomic E-state index is 11.0. The number of fused-ring (bicyclic) bond motifs is 2. The van der Waals surface area contributed by atoms with Gasteiger partial charge in [0, 0.05) is 36.2 Å². The van der Waals surface area contributed by atoms with Gasteiger partial charge >= 0.3 is 0 Å². The van der Waals surface area contributed by atoms with Crippen LogP contribution >= 0.6 is 0 Å². The highest BCUT2D eigenvalue weighted by atomic mass is 16.7. The summed E-state index contributed by atoms with van der Waals surface area (Å²) >= 11 is 0. The molecule has 15 atom stereocenters. The van der Waals surface area contributed by atoms with Gasteiger partial charge in [-0.15, -0.1) is 0 Å². The minimum atomic E-state index is -1.63. The van der Waals surface area contributed by atoms with Gasteiger partial charge in [0.1, 0.15) is 42.7 Å². The van der Waals surface area contributed by atoms with Crippen LogP contribution < -0.4 is 37.9 Å². The molecule has 0 bridgehead atoms. The van der Waals surface area contributed by atoms with E-state index in [0.29, 0.717) is 35.1 Å². The molecule has 8 rings (SSSR count). The van der Waals surface area contributed by atoms with Crippen LogP contribution in [0.4, 0.5) is 0 Å². The fraction of sp³-hybridized carbons (Fsp3) is 0.564. The van der Waals surface area contributed by atoms with Crippen LogP contribution in [-0.2, 0) is 31.8 Å². The summed E-state index contributed by atoms with van der Waals surface area (Å²) in [5.74, 6) is -2.67. The third kappa shape index (κ3) is 11.8. The van der Waals surface area contributed by atoms with E-state index in [2.05, 4.69) is 0 Å². The van der Waals surface area contributed by atoms with Crippen molar-refractivity contribution in [3.63, 3.8) is 0 Å². The Morgan fingerprint density at radius 2 is 0.812 bits per heavy atom. The van der Waals surface area contributed by atoms with Crippen LogP contribution in [0.3, 0.4) is 0 Å². The number of hydrogen-bond donors (Lipinski definition) is 13. The number of benzene rings is 4. The molecule has 2 heterocycles. The summed E-state index contributed by atoms with van der Waals surface area (Å²) in [5.41, 5.74) is 3.87. The van der Waals surface area contributed by atoms with Crippen LogP contribution in [-0.4, -0.2) is 218 Å². The molecule has 0 spiro atoms. The second kappa shape index (κ2) is 26.7. The predicted molar refractivity (Wildman–Crippen MR) is 278 cm³/mol. The van der Waals surface area contributed by atoms with Gasteiger partial charge in [-0.25, -0.2) is 0 Å². The maximum Gasteiger partial charge on any atom is 0.201 e. The molecule has 0 saturated carbocycles. The fourth-order valence-electron chi connectivity index (χ4n) is 11.4. The Labute approximate surface area is 461 Å². The molecular weight excluding hydrogens is 1060 g/mol. The lowest BCUT2D eigenvalue weighted by atomic mass is 9.66. The molecule has 2 aliphatic heterocycles. The number of aliphatic hydroxyl groups excluding tert-OH is 9. The van der Waals surface area contributed by atoms with Gasteiger partial charge in [-0.3, -0.25) is 0 Å². The fourth-order valence-corrected chi connectivity index (χ4v) is 11.4. The summed E-state index contributed by atoms with van der Waals surface area (Å²) in [6, 6.07) is 9.84. The van der Waals surface area contributed by atoms with Crippen LogP contribution in [0.5, 0.6) is 69.0 Å². The largest absolute Gasteiger partial charge is 0.502 e. The van der Waals surface area contributed by atoms with E-state index in [1.165, 1.54) is 56.9 Å². The Morgan fingerprint density at radius 3 is 1.18 bits per heavy atom. The van der Waals surface area contributed by atoms with Gasteiger partial charge in [0.25, 0.3) is 0 Å². The lowest BCUT2D eigenvalue weighted by Gasteiger charge is -2.43. The molecule has 0 aromatic heterocycles. The molecule has 444 valence electrons. The number of aromatic hydroxyl groups is 4. The molecule has 2 saturated heterocycles. The van der Waals surface area contributed by atoms with Gasteiger partial charge in [-0.2, -0.15) is 0 Å². The normalized spacial score (nSPS) is 29.0. The Kier molecular flexibility index (Phi) is 20.5. The van der Waals surface area contributed by atoms with Crippen molar-refractivity contribution in [3.05, 3.63) is 69.8 Å². The van der Waals surface area contributed by atoms with E-state index in [1.807, 2.05) is 0 Å². The van der Waals surface area contributed by atoms with Crippen molar-refractivity contribution in [2.45, 2.75) is 80.0 Å². The van der Waals surface area contributed by atoms with Crippen molar-refractivity contribution in [1.82, 2.24) is 0 Å². The van der Waals surface area contributed by atoms with Crippen LogP contribution in [0.15, 0.2) is 36.4 Å². The average molecular weight is 1140 g/mol. The number of methoxy groups -OCH3 is 8. The van der Waals surface area contributed by atoms with E-state index >= 15 is 0 Å². The molecule has 25 heteroatoms. The Morgan fingerprint density at radius 1 is 0.438 bits per heavy atom. The van der Waals surface area contributed by atoms with Crippen LogP contribution in [0.1, 0.15) is 45.2 Å². The molecule has 4 aliphatic rings. The van der Waals surface area contributed by atoms with Gasteiger partial charge in [0.15, 0.2) is 58.6 Å². The van der Waals surface area contributed by atoms with E-state index in [1.54, 1.807) is 36.4 Å². The van der Waals surface area contributed by atoms with E-state index in [9.17, 15) is 66.4 Å². The monoisotopic (exact) mass is 1130 g/mol. The Hall–Kier alpha value is -6.04. The van der Waals surface area contributed by atoms with Crippen LogP contribution in [0.25, 0.3) is 0 Å². The van der Waals surface area contributed by atoms with E-state index in [-0.39, 0.29) is 108 Å². The molecule has 0 amide bonds. The summed E-state index contributed by atoms with van der Waals surface area (Å²) in [6.07, 6.45) is -12.1. The average Bonchev–Trinajstić information content (AvgIpc) is 3.58. The van der Waals surface area contributed by atoms with E-state index in [4.69, 9.17) is 56.8 Å². The molecule has 2 aliphatic carbocycles. The number of hydrogen-bond acceptors (Lipinski definition) is 25. The molecule has 25 nitrogen and oxygen atoms in total. The summed E-state index contributed by atoms with van der Waals surface area (Å²) < 4.78 is 66.5. The highest BCUT2D eigenvalue weighted by molar-refractivity contribution is 5.65. The summed E-state index contributed by atoms with van der Waals surface area (Å²) in [4.78, 5) is 0. The molecule has 4 aromatic rings. The van der Waals surface area contributed by atoms with Crippen molar-refractivity contribution >= 4 is 0 Å². The number of phenolic OH excluding ortho intramolecular Hbond substituents is 4. The minimum Gasteiger partial charge on any atom is -0.502 e. The SMILES string of the molecule is COc1cc([C@@H]2c3c(cc(OC)c(O)c3OC)C[C@H](CO)[C@H]2CO[C@H]2OC[C@H](O)C(O)[C@H]2O)cc(OC)c1O.COc1cc([C@H]2c3c(cc(OC)c(O)c3OC)C[C@@H](CO)[C@@H]2CO[C@H]2OC(CO)[C@H](O)C(O)[C@H]2O)cc(OC)c1O. The number of rotatable bonds is 19. The summed E-state index contributed by atoms with van der Waals surface area (Å²) in [6.45, 7) is -1.53. The van der Waals surface area contributed by atoms with Crippen molar-refractivity contribution in [3.8, 4) is 69.0 Å². The molecule has 13 N–H and O–H groups in total. The highest BCUT2D eigenvalue weighted by Crippen LogP contribution is 2.57. The first-order valence-corrected chi connectivity index (χ1v) is 25.6. The van der Waals surface area contributed by atoms with Crippen LogP contribution in [0, 0.1) is 23.7 Å². The topological polar surface area (TPSA) is 374 Å². The third-order valence-corrected chi connectivity index (χ3v) is 15.6. The van der Waals surface area contributed by atoms with Gasteiger partial charge in [0.2, 0.25) is 23.0 Å². The molecule has 0 radical (unpaired) electrons. The Bertz CT molecular complexity index is 2670. The van der Waals surface area contributed by atoms with Gasteiger partial charge in [-0.1, -0.05) is 0 Å². The standard InChI is InChI=1S/C28H38O13.C27H36O12/c1-36-16-7-13(8-17(37-2)22(16)31)20-15(11-40-28-26(35)25(34)23(32)19(10-30)41-28)14(9-29)5-12-6-18(38-3)24(33)27(39-4)21(12)20;1-34-17-7-13(8-18(35-2)23(17)31)20-15(10-38-27-25(33)22(30)16(29)11-39-27)14(9-28)5-12-6-19(36-3)24(32)26(37-4)21(12)20/h6-8,14-15,19-20,23,25-26,28-35H,5,9-11H2,1-4H3;6-8,14-16,20,22,25,27-33H,5,9-11H2,1-4H3/t14-,15-,19?,20+,23-,25?,26+,28-;14-,15-,16+,20+,22?,25-,27+/m01/s1. The third-order valence-electron chi connectivity index (χ3n) is 15.6. The molecular formula is C55H74O25. The van der Waals surface area contributed by atoms with Crippen LogP contribution in [0.2, 0.25) is 0 Å². The van der Waals surface area contributed by atoms with Gasteiger partial charge < -0.3 is 123 Å². The number of ether oxygens (including phenoxy) is 12. The Balaban J connectivity index is 0.000000231. The zero-order valence-corrected chi connectivity index (χ0v) is 45.5. The molecule has 4 aromatic carbocycles. The van der Waals surface area contributed by atoms with Gasteiger partial charge in [-0.05, 0) is 95.2 Å². The van der Waals surface area contributed by atoms with E-state index in [0.717, 1.165) is 11.1 Å². The lowest BCUT2D eigenvalue weighted by Crippen LogP contribution is -2.59. The number of phenols is 4. The molecule has 3 unspecified atom stereocenters. The summed E-state index contributed by atoms with van der Waals surface area (Å²) in [7, 11) is 11.3. The first-order chi connectivity index (χ1) is 38.3. The zero-order valence-electron chi connectivity index (χ0n) is 45.5. The van der Waals surface area contributed by atoms with Crippen molar-refractivity contribution < 1.29 is 123 Å². The van der Waals surface area contributed by atoms with Crippen molar-refractivity contribution in [1.29, 1.82) is 0 Å². The smallest absolute Gasteiger partial charge is 0.201 e. The van der Waals surface area contributed by atoms with E-state index < -0.39 is 91.5 Å². The zero-order chi connectivity index (χ0) is 58.4. The molecule has 2 fully saturated rings. The quantitative estimate of drug-likeness (QED) is 0.0603. The minimum absolute atomic E-state index is 0.0542. The van der Waals surface area contributed by atoms with Crippen molar-refractivity contribution in [2.75, 3.05) is 96.5 Å². The first-order valence-electron chi connectivity index (χ1n) is 25.6. The second-order valence-electron chi connectivity index (χ2n) is 19.8. The first kappa shape index (κ1) is 61.6. The second-order valence-corrected chi connectivity index (χ2v) is 19.8. The predicted octanol–water partition coefficient (Wildman–Crippen LogP) is 0.362. The summed E-state index contributed by atoms with van der Waals surface area (Å²) in [5, 5.41) is 135. The molecule has 80 heavy (non-hydrogen) atoms. The lowest BCUT2D eigenvalue weighted by molar-refractivity contribution is -0.304. The maximum atomic E-state index is 11.0. The van der Waals surface area contributed by atoms with Gasteiger partial charge in [0.05, 0.1) is 83.3 Å². The van der Waals surface area contributed by atoms with Crippen molar-refractivity contribution in [2.24, 2.45) is 23.7 Å². The number of aliphatic hydroxyl groups is 9. The highest BCUT2D eigenvalue weighted by Gasteiger charge is 2.48.